The predicted octanol–water partition coefficient (Wildman–Crippen LogP) is 1.93. The molecule has 14 heavy (non-hydrogen) atoms. The lowest BCUT2D eigenvalue weighted by molar-refractivity contribution is 0.430. The average molecular weight is 210 g/mol. The molecular weight excluding hydrogens is 202 g/mol. The Balaban J connectivity index is 2.54. The Morgan fingerprint density at radius 2 is 2.21 bits per heavy atom. The number of hydrogen-bond donors (Lipinski definition) is 1. The van der Waals surface area contributed by atoms with Crippen LogP contribution in [0.15, 0.2) is 24.3 Å². The van der Waals surface area contributed by atoms with Gasteiger partial charge in [-0.25, -0.2) is 4.68 Å². The van der Waals surface area contributed by atoms with Crippen molar-refractivity contribution in [2.45, 2.75) is 6.92 Å². The highest BCUT2D eigenvalue weighted by atomic mass is 35.5. The number of halogens is 1. The highest BCUT2D eigenvalue weighted by Crippen LogP contribution is 2.16. The van der Waals surface area contributed by atoms with E-state index >= 15 is 0 Å². The van der Waals surface area contributed by atoms with Crippen molar-refractivity contribution in [1.82, 2.24) is 14.8 Å². The molecule has 0 atom stereocenters. The van der Waals surface area contributed by atoms with E-state index in [1.165, 1.54) is 4.68 Å². The van der Waals surface area contributed by atoms with Gasteiger partial charge in [0.2, 0.25) is 0 Å². The highest BCUT2D eigenvalue weighted by molar-refractivity contribution is 6.30. The molecule has 1 aromatic carbocycles. The van der Waals surface area contributed by atoms with Crippen molar-refractivity contribution in [3.63, 3.8) is 0 Å². The lowest BCUT2D eigenvalue weighted by Gasteiger charge is -2.01. The SMILES string of the molecule is Cc1nc(O)nn1-c1cccc(Cl)c1. The Labute approximate surface area is 85.8 Å². The number of benzene rings is 1. The number of aromatic hydroxyl groups is 1. The van der Waals surface area contributed by atoms with Gasteiger partial charge in [-0.2, -0.15) is 4.98 Å². The molecular formula is C9H8ClN3O. The van der Waals surface area contributed by atoms with Crippen molar-refractivity contribution in [3.8, 4) is 11.7 Å². The number of nitrogens with zero attached hydrogens (tertiary/aromatic N) is 3. The minimum Gasteiger partial charge on any atom is -0.478 e. The summed E-state index contributed by atoms with van der Waals surface area (Å²) < 4.78 is 1.53. The van der Waals surface area contributed by atoms with Crippen LogP contribution in [0.4, 0.5) is 0 Å². The van der Waals surface area contributed by atoms with Gasteiger partial charge >= 0.3 is 6.01 Å². The van der Waals surface area contributed by atoms with Gasteiger partial charge in [-0.3, -0.25) is 0 Å². The quantitative estimate of drug-likeness (QED) is 0.781. The minimum absolute atomic E-state index is 0.234. The van der Waals surface area contributed by atoms with Crippen molar-refractivity contribution < 1.29 is 5.11 Å². The molecule has 0 saturated heterocycles. The molecule has 0 saturated carbocycles. The Bertz CT molecular complexity index is 467. The van der Waals surface area contributed by atoms with Crippen molar-refractivity contribution in [1.29, 1.82) is 0 Å². The molecule has 0 aliphatic heterocycles. The van der Waals surface area contributed by atoms with Crippen LogP contribution in [0.3, 0.4) is 0 Å². The van der Waals surface area contributed by atoms with Gasteiger partial charge < -0.3 is 5.11 Å². The molecule has 2 rings (SSSR count). The summed E-state index contributed by atoms with van der Waals surface area (Å²) in [6, 6.07) is 6.95. The third-order valence-electron chi connectivity index (χ3n) is 1.81. The van der Waals surface area contributed by atoms with Crippen LogP contribution >= 0.6 is 11.6 Å². The zero-order valence-electron chi connectivity index (χ0n) is 7.48. The van der Waals surface area contributed by atoms with E-state index in [0.717, 1.165) is 5.69 Å². The van der Waals surface area contributed by atoms with E-state index in [9.17, 15) is 0 Å². The summed E-state index contributed by atoms with van der Waals surface area (Å²) >= 11 is 5.83. The summed E-state index contributed by atoms with van der Waals surface area (Å²) in [7, 11) is 0. The molecule has 0 aliphatic rings. The van der Waals surface area contributed by atoms with E-state index in [0.29, 0.717) is 10.8 Å². The fourth-order valence-corrected chi connectivity index (χ4v) is 1.41. The number of aryl methyl sites for hydroxylation is 1. The number of rotatable bonds is 1. The van der Waals surface area contributed by atoms with Crippen LogP contribution in [0.25, 0.3) is 5.69 Å². The van der Waals surface area contributed by atoms with Gasteiger partial charge in [0.15, 0.2) is 0 Å². The molecule has 0 spiro atoms. The van der Waals surface area contributed by atoms with Gasteiger partial charge in [0.25, 0.3) is 0 Å². The molecule has 1 N–H and O–H groups in total. The zero-order valence-corrected chi connectivity index (χ0v) is 8.23. The number of aromatic nitrogens is 3. The third-order valence-corrected chi connectivity index (χ3v) is 2.05. The first-order valence-corrected chi connectivity index (χ1v) is 4.43. The van der Waals surface area contributed by atoms with E-state index < -0.39 is 0 Å². The molecule has 1 heterocycles. The van der Waals surface area contributed by atoms with Gasteiger partial charge in [0, 0.05) is 5.02 Å². The Hall–Kier alpha value is -1.55. The van der Waals surface area contributed by atoms with Crippen molar-refractivity contribution >= 4 is 11.6 Å². The maximum Gasteiger partial charge on any atom is 0.333 e. The number of hydrogen-bond acceptors (Lipinski definition) is 3. The standard InChI is InChI=1S/C9H8ClN3O/c1-6-11-9(14)12-13(6)8-4-2-3-7(10)5-8/h2-5H,1H3,(H,12,14). The minimum atomic E-state index is -0.234. The molecule has 0 bridgehead atoms. The summed E-state index contributed by atoms with van der Waals surface area (Å²) in [5, 5.41) is 13.5. The van der Waals surface area contributed by atoms with Crippen LogP contribution in [0.1, 0.15) is 5.82 Å². The van der Waals surface area contributed by atoms with Crippen LogP contribution in [-0.2, 0) is 0 Å². The maximum absolute atomic E-state index is 9.09. The van der Waals surface area contributed by atoms with Crippen molar-refractivity contribution in [2.75, 3.05) is 0 Å². The van der Waals surface area contributed by atoms with Gasteiger partial charge in [0.1, 0.15) is 5.82 Å². The van der Waals surface area contributed by atoms with Gasteiger partial charge in [0.05, 0.1) is 5.69 Å². The summed E-state index contributed by atoms with van der Waals surface area (Å²) in [6.07, 6.45) is 0. The largest absolute Gasteiger partial charge is 0.478 e. The smallest absolute Gasteiger partial charge is 0.333 e. The fourth-order valence-electron chi connectivity index (χ4n) is 1.23. The predicted molar refractivity (Wildman–Crippen MR) is 52.8 cm³/mol. The molecule has 5 heteroatoms. The first-order valence-electron chi connectivity index (χ1n) is 4.05. The van der Waals surface area contributed by atoms with E-state index in [2.05, 4.69) is 10.1 Å². The monoisotopic (exact) mass is 209 g/mol. The van der Waals surface area contributed by atoms with Crippen molar-refractivity contribution in [2.24, 2.45) is 0 Å². The summed E-state index contributed by atoms with van der Waals surface area (Å²) in [5.41, 5.74) is 0.780. The fraction of sp³-hybridized carbons (Fsp3) is 0.111. The Morgan fingerprint density at radius 1 is 1.43 bits per heavy atom. The highest BCUT2D eigenvalue weighted by Gasteiger charge is 2.06. The van der Waals surface area contributed by atoms with Gasteiger partial charge in [-0.05, 0) is 25.1 Å². The maximum atomic E-state index is 9.09. The molecule has 0 unspecified atom stereocenters. The first-order chi connectivity index (χ1) is 6.66. The third kappa shape index (κ3) is 1.56. The lowest BCUT2D eigenvalue weighted by Crippen LogP contribution is -1.98. The average Bonchev–Trinajstić information content (AvgIpc) is 2.45. The lowest BCUT2D eigenvalue weighted by atomic mass is 10.3. The normalized spacial score (nSPS) is 10.4. The second-order valence-electron chi connectivity index (χ2n) is 2.85. The summed E-state index contributed by atoms with van der Waals surface area (Å²) in [5.74, 6) is 0.616. The molecule has 2 aromatic rings. The van der Waals surface area contributed by atoms with Crippen LogP contribution in [0.2, 0.25) is 5.02 Å². The molecule has 1 aromatic heterocycles. The Morgan fingerprint density at radius 3 is 2.79 bits per heavy atom. The van der Waals surface area contributed by atoms with Crippen LogP contribution in [-0.4, -0.2) is 19.9 Å². The first kappa shape index (κ1) is 9.02. The summed E-state index contributed by atoms with van der Waals surface area (Å²) in [6.45, 7) is 1.76. The van der Waals surface area contributed by atoms with Gasteiger partial charge in [-0.15, -0.1) is 5.10 Å². The molecule has 4 nitrogen and oxygen atoms in total. The molecule has 0 fully saturated rings. The van der Waals surface area contributed by atoms with E-state index in [1.54, 1.807) is 19.1 Å². The molecule has 0 radical (unpaired) electrons. The topological polar surface area (TPSA) is 50.9 Å². The van der Waals surface area contributed by atoms with Crippen LogP contribution in [0.5, 0.6) is 6.01 Å². The Kier molecular flexibility index (Phi) is 2.13. The molecule has 0 amide bonds. The van der Waals surface area contributed by atoms with Crippen LogP contribution < -0.4 is 0 Å². The van der Waals surface area contributed by atoms with E-state index in [1.807, 2.05) is 12.1 Å². The second kappa shape index (κ2) is 3.31. The second-order valence-corrected chi connectivity index (χ2v) is 3.29. The van der Waals surface area contributed by atoms with Crippen molar-refractivity contribution in [3.05, 3.63) is 35.1 Å². The summed E-state index contributed by atoms with van der Waals surface area (Å²) in [4.78, 5) is 3.78. The van der Waals surface area contributed by atoms with Crippen LogP contribution in [0, 0.1) is 6.92 Å². The zero-order chi connectivity index (χ0) is 10.1. The molecule has 0 aliphatic carbocycles. The van der Waals surface area contributed by atoms with E-state index in [-0.39, 0.29) is 6.01 Å². The van der Waals surface area contributed by atoms with E-state index in [4.69, 9.17) is 16.7 Å². The van der Waals surface area contributed by atoms with Gasteiger partial charge in [-0.1, -0.05) is 17.7 Å². The molecule has 72 valence electrons.